The summed E-state index contributed by atoms with van der Waals surface area (Å²) in [5.41, 5.74) is 0.808. The van der Waals surface area contributed by atoms with E-state index >= 15 is 0 Å². The fourth-order valence-corrected chi connectivity index (χ4v) is 5.94. The van der Waals surface area contributed by atoms with E-state index in [4.69, 9.17) is 18.9 Å². The van der Waals surface area contributed by atoms with E-state index in [2.05, 4.69) is 5.32 Å². The van der Waals surface area contributed by atoms with E-state index in [9.17, 15) is 13.2 Å². The van der Waals surface area contributed by atoms with Gasteiger partial charge in [-0.15, -0.1) is 0 Å². The van der Waals surface area contributed by atoms with Crippen molar-refractivity contribution >= 4 is 15.9 Å². The number of sulfonamides is 1. The second-order valence-corrected chi connectivity index (χ2v) is 10.2. The zero-order chi connectivity index (χ0) is 25.4. The van der Waals surface area contributed by atoms with Crippen molar-refractivity contribution in [3.63, 3.8) is 0 Å². The molecule has 2 aromatic rings. The number of ether oxygens (including phenoxy) is 4. The van der Waals surface area contributed by atoms with Crippen molar-refractivity contribution in [1.82, 2.24) is 9.62 Å². The van der Waals surface area contributed by atoms with Crippen molar-refractivity contribution in [2.75, 3.05) is 35.0 Å². The average Bonchev–Trinajstić information content (AvgIpc) is 2.90. The highest BCUT2D eigenvalue weighted by Crippen LogP contribution is 2.33. The normalized spacial score (nSPS) is 14.4. The number of amides is 1. The van der Waals surface area contributed by atoms with Gasteiger partial charge >= 0.3 is 0 Å². The number of hydrogen-bond acceptors (Lipinski definition) is 7. The molecule has 1 aliphatic carbocycles. The molecule has 10 heteroatoms. The van der Waals surface area contributed by atoms with Crippen LogP contribution in [0.15, 0.2) is 41.3 Å². The van der Waals surface area contributed by atoms with Gasteiger partial charge in [-0.05, 0) is 42.7 Å². The molecule has 1 aliphatic rings. The summed E-state index contributed by atoms with van der Waals surface area (Å²) in [5.74, 6) is 1.51. The topological polar surface area (TPSA) is 103 Å². The summed E-state index contributed by atoms with van der Waals surface area (Å²) in [5, 5.41) is 2.84. The van der Waals surface area contributed by atoms with E-state index in [0.717, 1.165) is 37.7 Å². The molecule has 192 valence electrons. The third-order valence-corrected chi connectivity index (χ3v) is 8.07. The van der Waals surface area contributed by atoms with Gasteiger partial charge in [0.1, 0.15) is 0 Å². The van der Waals surface area contributed by atoms with Gasteiger partial charge in [-0.1, -0.05) is 25.3 Å². The lowest BCUT2D eigenvalue weighted by atomic mass is 9.95. The van der Waals surface area contributed by atoms with E-state index in [1.807, 2.05) is 6.07 Å². The third kappa shape index (κ3) is 6.37. The van der Waals surface area contributed by atoms with Crippen LogP contribution in [0.1, 0.15) is 37.7 Å². The minimum absolute atomic E-state index is 0.0633. The van der Waals surface area contributed by atoms with Gasteiger partial charge in [0.25, 0.3) is 0 Å². The van der Waals surface area contributed by atoms with Gasteiger partial charge in [-0.2, -0.15) is 4.31 Å². The molecule has 1 amide bonds. The highest BCUT2D eigenvalue weighted by molar-refractivity contribution is 7.89. The van der Waals surface area contributed by atoms with Crippen LogP contribution < -0.4 is 24.3 Å². The van der Waals surface area contributed by atoms with E-state index in [-0.39, 0.29) is 29.9 Å². The number of nitrogens with zero attached hydrogens (tertiary/aromatic N) is 1. The van der Waals surface area contributed by atoms with Crippen LogP contribution in [0.2, 0.25) is 0 Å². The first kappa shape index (κ1) is 26.6. The van der Waals surface area contributed by atoms with Crippen molar-refractivity contribution in [1.29, 1.82) is 0 Å². The second kappa shape index (κ2) is 12.1. The van der Waals surface area contributed by atoms with Gasteiger partial charge in [-0.3, -0.25) is 4.79 Å². The molecule has 0 aliphatic heterocycles. The summed E-state index contributed by atoms with van der Waals surface area (Å²) >= 11 is 0. The predicted octanol–water partition coefficient (Wildman–Crippen LogP) is 3.36. The first-order chi connectivity index (χ1) is 16.8. The van der Waals surface area contributed by atoms with Crippen molar-refractivity contribution < 1.29 is 32.2 Å². The van der Waals surface area contributed by atoms with Crippen LogP contribution in [0.4, 0.5) is 0 Å². The highest BCUT2D eigenvalue weighted by Gasteiger charge is 2.34. The molecule has 2 aromatic carbocycles. The van der Waals surface area contributed by atoms with E-state index in [1.165, 1.54) is 30.7 Å². The summed E-state index contributed by atoms with van der Waals surface area (Å²) in [6.45, 7) is -0.0390. The van der Waals surface area contributed by atoms with Crippen LogP contribution >= 0.6 is 0 Å². The van der Waals surface area contributed by atoms with Crippen molar-refractivity contribution in [3.8, 4) is 23.0 Å². The van der Waals surface area contributed by atoms with Crippen LogP contribution in [0.3, 0.4) is 0 Å². The summed E-state index contributed by atoms with van der Waals surface area (Å²) in [7, 11) is 2.08. The number of methoxy groups -OCH3 is 4. The van der Waals surface area contributed by atoms with E-state index in [1.54, 1.807) is 32.4 Å². The number of rotatable bonds is 11. The Hall–Kier alpha value is -2.98. The van der Waals surface area contributed by atoms with Crippen molar-refractivity contribution in [2.45, 2.75) is 49.6 Å². The largest absolute Gasteiger partial charge is 0.493 e. The molecule has 0 aromatic heterocycles. The molecule has 0 heterocycles. The van der Waals surface area contributed by atoms with E-state index in [0.29, 0.717) is 23.0 Å². The Morgan fingerprint density at radius 3 is 2.03 bits per heavy atom. The molecule has 0 unspecified atom stereocenters. The molecule has 0 atom stereocenters. The Kier molecular flexibility index (Phi) is 9.22. The molecular weight excluding hydrogens is 472 g/mol. The fraction of sp³-hybridized carbons (Fsp3) is 0.480. The molecule has 0 bridgehead atoms. The SMILES string of the molecule is COc1ccc(CNC(=O)CN(C2CCCCC2)S(=O)(=O)c2ccc(OC)c(OC)c2)cc1OC. The Bertz CT molecular complexity index is 1110. The minimum Gasteiger partial charge on any atom is -0.493 e. The Morgan fingerprint density at radius 1 is 0.857 bits per heavy atom. The smallest absolute Gasteiger partial charge is 0.243 e. The molecule has 1 saturated carbocycles. The number of carbonyl (C=O) groups excluding carboxylic acids is 1. The maximum Gasteiger partial charge on any atom is 0.243 e. The maximum absolute atomic E-state index is 13.7. The first-order valence-corrected chi connectivity index (χ1v) is 13.0. The van der Waals surface area contributed by atoms with Gasteiger partial charge in [0, 0.05) is 18.7 Å². The number of benzene rings is 2. The Morgan fingerprint density at radius 2 is 1.43 bits per heavy atom. The monoisotopic (exact) mass is 506 g/mol. The Labute approximate surface area is 207 Å². The molecule has 0 saturated heterocycles. The molecule has 1 fully saturated rings. The Balaban J connectivity index is 1.80. The fourth-order valence-electron chi connectivity index (χ4n) is 4.28. The van der Waals surface area contributed by atoms with Crippen LogP contribution in [0.5, 0.6) is 23.0 Å². The minimum atomic E-state index is -3.96. The van der Waals surface area contributed by atoms with Crippen LogP contribution in [0.25, 0.3) is 0 Å². The predicted molar refractivity (Wildman–Crippen MR) is 132 cm³/mol. The third-order valence-electron chi connectivity index (χ3n) is 6.18. The number of hydrogen-bond donors (Lipinski definition) is 1. The number of carbonyl (C=O) groups is 1. The van der Waals surface area contributed by atoms with Gasteiger partial charge in [0.15, 0.2) is 23.0 Å². The molecule has 1 N–H and O–H groups in total. The first-order valence-electron chi connectivity index (χ1n) is 11.6. The number of nitrogens with one attached hydrogen (secondary N) is 1. The van der Waals surface area contributed by atoms with Gasteiger partial charge in [0.2, 0.25) is 15.9 Å². The molecule has 35 heavy (non-hydrogen) atoms. The molecule has 0 radical (unpaired) electrons. The van der Waals surface area contributed by atoms with Crippen molar-refractivity contribution in [3.05, 3.63) is 42.0 Å². The maximum atomic E-state index is 13.7. The molecular formula is C25H34N2O7S. The zero-order valence-corrected chi connectivity index (χ0v) is 21.5. The lowest BCUT2D eigenvalue weighted by Crippen LogP contribution is -2.46. The lowest BCUT2D eigenvalue weighted by molar-refractivity contribution is -0.121. The van der Waals surface area contributed by atoms with Gasteiger partial charge < -0.3 is 24.3 Å². The molecule has 9 nitrogen and oxygen atoms in total. The van der Waals surface area contributed by atoms with Gasteiger partial charge in [0.05, 0.1) is 39.9 Å². The molecule has 0 spiro atoms. The summed E-state index contributed by atoms with van der Waals surface area (Å²) in [6, 6.07) is 9.59. The average molecular weight is 507 g/mol. The summed E-state index contributed by atoms with van der Waals surface area (Å²) in [6.07, 6.45) is 4.35. The summed E-state index contributed by atoms with van der Waals surface area (Å²) in [4.78, 5) is 13.0. The van der Waals surface area contributed by atoms with Crippen LogP contribution in [-0.2, 0) is 21.4 Å². The zero-order valence-electron chi connectivity index (χ0n) is 20.7. The van der Waals surface area contributed by atoms with Crippen LogP contribution in [0, 0.1) is 0 Å². The highest BCUT2D eigenvalue weighted by atomic mass is 32.2. The standard InChI is InChI=1S/C25H34N2O7S/c1-31-21-12-10-18(14-23(21)33-3)16-26-25(28)17-27(19-8-6-5-7-9-19)35(29,30)20-11-13-22(32-2)24(15-20)34-4/h10-15,19H,5-9,16-17H2,1-4H3,(H,26,28). The van der Waals surface area contributed by atoms with Crippen molar-refractivity contribution in [2.24, 2.45) is 0 Å². The second-order valence-electron chi connectivity index (χ2n) is 8.32. The van der Waals surface area contributed by atoms with E-state index < -0.39 is 10.0 Å². The summed E-state index contributed by atoms with van der Waals surface area (Å²) < 4.78 is 49.8. The molecule has 3 rings (SSSR count). The van der Waals surface area contributed by atoms with Gasteiger partial charge in [-0.25, -0.2) is 8.42 Å². The quantitative estimate of drug-likeness (QED) is 0.498. The van der Waals surface area contributed by atoms with Crippen LogP contribution in [-0.4, -0.2) is 59.7 Å². The lowest BCUT2D eigenvalue weighted by Gasteiger charge is -2.33.